The summed E-state index contributed by atoms with van der Waals surface area (Å²) < 4.78 is 1.82. The van der Waals surface area contributed by atoms with Crippen molar-refractivity contribution in [2.75, 3.05) is 31.1 Å². The Balaban J connectivity index is 1.45. The lowest BCUT2D eigenvalue weighted by molar-refractivity contribution is 0.0740. The highest BCUT2D eigenvalue weighted by Gasteiger charge is 2.25. The van der Waals surface area contributed by atoms with E-state index < -0.39 is 0 Å². The lowest BCUT2D eigenvalue weighted by Gasteiger charge is -2.35. The molecule has 4 rings (SSSR count). The number of amides is 1. The topological polar surface area (TPSA) is 67.2 Å². The lowest BCUT2D eigenvalue weighted by Crippen LogP contribution is -2.49. The standard InChI is InChI=1S/C23H28N6O/c1-16(2)22-24-17(3)14-21(25-22)27-10-12-28(13-11-27)23(30)20-15-18(4)29(26-20)19-8-6-5-7-9-19/h5-9,14-16H,10-13H2,1-4H3. The van der Waals surface area contributed by atoms with Gasteiger partial charge in [-0.2, -0.15) is 5.10 Å². The van der Waals surface area contributed by atoms with Crippen LogP contribution in [0.2, 0.25) is 0 Å². The van der Waals surface area contributed by atoms with Gasteiger partial charge < -0.3 is 9.80 Å². The summed E-state index contributed by atoms with van der Waals surface area (Å²) in [4.78, 5) is 26.4. The van der Waals surface area contributed by atoms with Crippen LogP contribution in [-0.2, 0) is 0 Å². The first-order chi connectivity index (χ1) is 14.4. The Bertz CT molecular complexity index is 1040. The van der Waals surface area contributed by atoms with Crippen molar-refractivity contribution >= 4 is 11.7 Å². The van der Waals surface area contributed by atoms with E-state index in [1.807, 2.05) is 65.9 Å². The maximum atomic E-state index is 13.0. The summed E-state index contributed by atoms with van der Waals surface area (Å²) in [5, 5.41) is 4.57. The van der Waals surface area contributed by atoms with Crippen LogP contribution in [0.3, 0.4) is 0 Å². The zero-order valence-electron chi connectivity index (χ0n) is 18.0. The van der Waals surface area contributed by atoms with Crippen molar-refractivity contribution in [2.45, 2.75) is 33.6 Å². The van der Waals surface area contributed by atoms with Crippen molar-refractivity contribution in [3.8, 4) is 5.69 Å². The molecule has 0 saturated carbocycles. The molecule has 0 radical (unpaired) electrons. The van der Waals surface area contributed by atoms with Crippen LogP contribution >= 0.6 is 0 Å². The van der Waals surface area contributed by atoms with Crippen LogP contribution in [0.4, 0.5) is 5.82 Å². The average Bonchev–Trinajstić information content (AvgIpc) is 3.15. The molecule has 7 nitrogen and oxygen atoms in total. The van der Waals surface area contributed by atoms with E-state index in [0.717, 1.165) is 41.8 Å². The molecule has 1 saturated heterocycles. The van der Waals surface area contributed by atoms with Gasteiger partial charge in [-0.05, 0) is 32.0 Å². The number of anilines is 1. The molecule has 1 aromatic carbocycles. The van der Waals surface area contributed by atoms with Gasteiger partial charge in [-0.25, -0.2) is 14.6 Å². The number of hydrogen-bond donors (Lipinski definition) is 0. The summed E-state index contributed by atoms with van der Waals surface area (Å²) in [6, 6.07) is 13.8. The number of piperazine rings is 1. The molecule has 1 aliphatic heterocycles. The van der Waals surface area contributed by atoms with Gasteiger partial charge in [0.1, 0.15) is 11.6 Å². The van der Waals surface area contributed by atoms with Crippen molar-refractivity contribution in [3.05, 3.63) is 65.4 Å². The number of hydrogen-bond acceptors (Lipinski definition) is 5. The molecule has 0 spiro atoms. The first-order valence-corrected chi connectivity index (χ1v) is 10.4. The van der Waals surface area contributed by atoms with Crippen LogP contribution in [-0.4, -0.2) is 56.7 Å². The highest BCUT2D eigenvalue weighted by molar-refractivity contribution is 5.92. The fourth-order valence-corrected chi connectivity index (χ4v) is 3.70. The predicted octanol–water partition coefficient (Wildman–Crippen LogP) is 3.36. The van der Waals surface area contributed by atoms with Crippen LogP contribution in [0.15, 0.2) is 42.5 Å². The molecular weight excluding hydrogens is 376 g/mol. The third kappa shape index (κ3) is 4.06. The summed E-state index contributed by atoms with van der Waals surface area (Å²) in [6.45, 7) is 11.0. The van der Waals surface area contributed by atoms with E-state index in [9.17, 15) is 4.79 Å². The van der Waals surface area contributed by atoms with Crippen LogP contribution in [0.25, 0.3) is 5.69 Å². The van der Waals surface area contributed by atoms with Crippen molar-refractivity contribution in [1.82, 2.24) is 24.6 Å². The Morgan fingerprint density at radius 2 is 1.67 bits per heavy atom. The molecule has 0 bridgehead atoms. The molecular formula is C23H28N6O. The summed E-state index contributed by atoms with van der Waals surface area (Å²) in [6.07, 6.45) is 0. The largest absolute Gasteiger partial charge is 0.353 e. The maximum Gasteiger partial charge on any atom is 0.274 e. The van der Waals surface area contributed by atoms with E-state index >= 15 is 0 Å². The Labute approximate surface area is 177 Å². The Kier molecular flexibility index (Phi) is 5.53. The number of rotatable bonds is 4. The molecule has 156 valence electrons. The minimum atomic E-state index is -0.0193. The quantitative estimate of drug-likeness (QED) is 0.667. The van der Waals surface area contributed by atoms with Crippen LogP contribution in [0, 0.1) is 13.8 Å². The van der Waals surface area contributed by atoms with E-state index in [1.165, 1.54) is 0 Å². The average molecular weight is 405 g/mol. The third-order valence-corrected chi connectivity index (χ3v) is 5.37. The molecule has 3 aromatic rings. The lowest BCUT2D eigenvalue weighted by atomic mass is 10.2. The highest BCUT2D eigenvalue weighted by Crippen LogP contribution is 2.20. The van der Waals surface area contributed by atoms with Crippen LogP contribution in [0.1, 0.15) is 47.5 Å². The first-order valence-electron chi connectivity index (χ1n) is 10.4. The second-order valence-electron chi connectivity index (χ2n) is 8.08. The molecule has 7 heteroatoms. The molecule has 0 aliphatic carbocycles. The van der Waals surface area contributed by atoms with E-state index in [1.54, 1.807) is 0 Å². The first kappa shape index (κ1) is 20.1. The van der Waals surface area contributed by atoms with Crippen molar-refractivity contribution in [1.29, 1.82) is 0 Å². The second kappa shape index (κ2) is 8.26. The van der Waals surface area contributed by atoms with Gasteiger partial charge in [0.15, 0.2) is 5.69 Å². The van der Waals surface area contributed by atoms with Gasteiger partial charge in [-0.3, -0.25) is 4.79 Å². The van der Waals surface area contributed by atoms with E-state index in [2.05, 4.69) is 28.8 Å². The predicted molar refractivity (Wildman–Crippen MR) is 117 cm³/mol. The number of para-hydroxylation sites is 1. The number of aromatic nitrogens is 4. The zero-order chi connectivity index (χ0) is 21.3. The van der Waals surface area contributed by atoms with Crippen molar-refractivity contribution < 1.29 is 4.79 Å². The van der Waals surface area contributed by atoms with Crippen molar-refractivity contribution in [3.63, 3.8) is 0 Å². The fraction of sp³-hybridized carbons (Fsp3) is 0.391. The Hall–Kier alpha value is -3.22. The molecule has 0 N–H and O–H groups in total. The summed E-state index contributed by atoms with van der Waals surface area (Å²) in [7, 11) is 0. The minimum absolute atomic E-state index is 0.0193. The van der Waals surface area contributed by atoms with Crippen molar-refractivity contribution in [2.24, 2.45) is 0 Å². The number of carbonyl (C=O) groups excluding carboxylic acids is 1. The van der Waals surface area contributed by atoms with E-state index in [-0.39, 0.29) is 11.8 Å². The molecule has 1 amide bonds. The Morgan fingerprint density at radius 1 is 0.967 bits per heavy atom. The van der Waals surface area contributed by atoms with E-state index in [0.29, 0.717) is 18.8 Å². The fourth-order valence-electron chi connectivity index (χ4n) is 3.70. The number of nitrogens with zero attached hydrogens (tertiary/aromatic N) is 6. The molecule has 2 aromatic heterocycles. The monoisotopic (exact) mass is 404 g/mol. The second-order valence-corrected chi connectivity index (χ2v) is 8.08. The molecule has 0 unspecified atom stereocenters. The normalized spacial score (nSPS) is 14.4. The summed E-state index contributed by atoms with van der Waals surface area (Å²) >= 11 is 0. The van der Waals surface area contributed by atoms with E-state index in [4.69, 9.17) is 4.98 Å². The van der Waals surface area contributed by atoms with Crippen LogP contribution in [0.5, 0.6) is 0 Å². The van der Waals surface area contributed by atoms with Gasteiger partial charge in [-0.15, -0.1) is 0 Å². The summed E-state index contributed by atoms with van der Waals surface area (Å²) in [5.74, 6) is 2.08. The van der Waals surface area contributed by atoms with Crippen LogP contribution < -0.4 is 4.90 Å². The SMILES string of the molecule is Cc1cc(N2CCN(C(=O)c3cc(C)n(-c4ccccc4)n3)CC2)nc(C(C)C)n1. The van der Waals surface area contributed by atoms with Gasteiger partial charge in [0.25, 0.3) is 5.91 Å². The maximum absolute atomic E-state index is 13.0. The minimum Gasteiger partial charge on any atom is -0.353 e. The number of aryl methyl sites for hydroxylation is 2. The molecule has 0 atom stereocenters. The summed E-state index contributed by atoms with van der Waals surface area (Å²) in [5.41, 5.74) is 3.37. The molecule has 3 heterocycles. The van der Waals surface area contributed by atoms with Gasteiger partial charge in [0.05, 0.1) is 5.69 Å². The number of carbonyl (C=O) groups is 1. The molecule has 1 aliphatic rings. The molecule has 30 heavy (non-hydrogen) atoms. The third-order valence-electron chi connectivity index (χ3n) is 5.37. The Morgan fingerprint density at radius 3 is 2.33 bits per heavy atom. The highest BCUT2D eigenvalue weighted by atomic mass is 16.2. The molecule has 1 fully saturated rings. The van der Waals surface area contributed by atoms with Gasteiger partial charge in [0, 0.05) is 49.6 Å². The van der Waals surface area contributed by atoms with Gasteiger partial charge >= 0.3 is 0 Å². The zero-order valence-corrected chi connectivity index (χ0v) is 18.0. The van der Waals surface area contributed by atoms with Gasteiger partial charge in [-0.1, -0.05) is 32.0 Å². The van der Waals surface area contributed by atoms with Gasteiger partial charge in [0.2, 0.25) is 0 Å². The smallest absolute Gasteiger partial charge is 0.274 e. The number of benzene rings is 1.